The first kappa shape index (κ1) is 16.4. The molecule has 1 aliphatic rings. The highest BCUT2D eigenvalue weighted by Gasteiger charge is 2.30. The van der Waals surface area contributed by atoms with Gasteiger partial charge in [-0.15, -0.1) is 0 Å². The number of nitrogens with one attached hydrogen (secondary N) is 1. The van der Waals surface area contributed by atoms with Crippen molar-refractivity contribution in [3.63, 3.8) is 0 Å². The van der Waals surface area contributed by atoms with E-state index in [0.717, 1.165) is 13.1 Å². The molecule has 2 rings (SSSR count). The van der Waals surface area contributed by atoms with E-state index in [4.69, 9.17) is 4.74 Å². The Kier molecular flexibility index (Phi) is 5.09. The average molecular weight is 311 g/mol. The first-order chi connectivity index (χ1) is 10.4. The Hall–Kier alpha value is -2.00. The van der Waals surface area contributed by atoms with Crippen LogP contribution in [0.3, 0.4) is 0 Å². The van der Waals surface area contributed by atoms with Gasteiger partial charge in [0.1, 0.15) is 5.69 Å². The summed E-state index contributed by atoms with van der Waals surface area (Å²) in [6.07, 6.45) is 0. The normalized spacial score (nSPS) is 17.2. The molecule has 1 aromatic rings. The first-order valence-corrected chi connectivity index (χ1v) is 7.19. The molecule has 9 heteroatoms. The summed E-state index contributed by atoms with van der Waals surface area (Å²) in [6.45, 7) is 7.10. The number of hydrogen-bond donors (Lipinski definition) is 1. The summed E-state index contributed by atoms with van der Waals surface area (Å²) >= 11 is 0. The molecule has 0 aliphatic carbocycles. The molecule has 9 nitrogen and oxygen atoms in total. The van der Waals surface area contributed by atoms with E-state index in [2.05, 4.69) is 15.3 Å². The van der Waals surface area contributed by atoms with Gasteiger partial charge in [-0.05, 0) is 13.8 Å². The van der Waals surface area contributed by atoms with Gasteiger partial charge in [-0.3, -0.25) is 24.5 Å². The van der Waals surface area contributed by atoms with Gasteiger partial charge < -0.3 is 10.1 Å². The quantitative estimate of drug-likeness (QED) is 0.610. The fourth-order valence-electron chi connectivity index (χ4n) is 2.63. The van der Waals surface area contributed by atoms with Crippen LogP contribution in [0.15, 0.2) is 0 Å². The largest absolute Gasteiger partial charge is 0.379 e. The third-order valence-corrected chi connectivity index (χ3v) is 3.60. The van der Waals surface area contributed by atoms with Crippen molar-refractivity contribution >= 4 is 11.6 Å². The Bertz CT molecular complexity index is 565. The Morgan fingerprint density at radius 2 is 2.14 bits per heavy atom. The number of hydrogen-bond acceptors (Lipinski definition) is 6. The summed E-state index contributed by atoms with van der Waals surface area (Å²) in [4.78, 5) is 25.1. The lowest BCUT2D eigenvalue weighted by atomic mass is 10.2. The molecule has 1 aromatic heterocycles. The van der Waals surface area contributed by atoms with Crippen LogP contribution in [0.2, 0.25) is 0 Å². The van der Waals surface area contributed by atoms with Crippen LogP contribution in [0.5, 0.6) is 0 Å². The van der Waals surface area contributed by atoms with Crippen molar-refractivity contribution < 1.29 is 14.5 Å². The SMILES string of the molecule is Cc1nn(C)c(C(=O)NC(C)CN2CCOCC2)c1[N+](=O)[O-]. The van der Waals surface area contributed by atoms with Gasteiger partial charge in [0.05, 0.1) is 18.1 Å². The van der Waals surface area contributed by atoms with E-state index in [1.807, 2.05) is 6.92 Å². The van der Waals surface area contributed by atoms with Crippen LogP contribution in [-0.2, 0) is 11.8 Å². The highest BCUT2D eigenvalue weighted by molar-refractivity contribution is 5.97. The van der Waals surface area contributed by atoms with Crippen molar-refractivity contribution in [1.29, 1.82) is 0 Å². The summed E-state index contributed by atoms with van der Waals surface area (Å²) in [5, 5.41) is 17.9. The molecule has 1 amide bonds. The van der Waals surface area contributed by atoms with Gasteiger partial charge in [0.15, 0.2) is 0 Å². The number of morpholine rings is 1. The van der Waals surface area contributed by atoms with E-state index in [9.17, 15) is 14.9 Å². The van der Waals surface area contributed by atoms with Crippen LogP contribution in [-0.4, -0.2) is 64.4 Å². The number of nitrogens with zero attached hydrogens (tertiary/aromatic N) is 4. The molecule has 1 aliphatic heterocycles. The lowest BCUT2D eigenvalue weighted by Gasteiger charge is -2.29. The Morgan fingerprint density at radius 1 is 1.50 bits per heavy atom. The van der Waals surface area contributed by atoms with Crippen molar-refractivity contribution in [2.75, 3.05) is 32.8 Å². The molecule has 1 N–H and O–H groups in total. The van der Waals surface area contributed by atoms with E-state index < -0.39 is 10.8 Å². The fraction of sp³-hybridized carbons (Fsp3) is 0.692. The second kappa shape index (κ2) is 6.84. The van der Waals surface area contributed by atoms with Crippen LogP contribution < -0.4 is 5.32 Å². The monoisotopic (exact) mass is 311 g/mol. The molecule has 1 fully saturated rings. The van der Waals surface area contributed by atoms with Crippen LogP contribution in [0, 0.1) is 17.0 Å². The topological polar surface area (TPSA) is 103 Å². The van der Waals surface area contributed by atoms with Gasteiger partial charge in [-0.2, -0.15) is 5.10 Å². The zero-order chi connectivity index (χ0) is 16.3. The number of ether oxygens (including phenoxy) is 1. The molecule has 0 saturated carbocycles. The van der Waals surface area contributed by atoms with Crippen molar-refractivity contribution in [2.24, 2.45) is 7.05 Å². The van der Waals surface area contributed by atoms with Crippen LogP contribution in [0.25, 0.3) is 0 Å². The van der Waals surface area contributed by atoms with Crippen molar-refractivity contribution in [3.05, 3.63) is 21.5 Å². The van der Waals surface area contributed by atoms with Gasteiger partial charge in [-0.1, -0.05) is 0 Å². The molecule has 0 radical (unpaired) electrons. The molecule has 1 unspecified atom stereocenters. The zero-order valence-electron chi connectivity index (χ0n) is 13.0. The Morgan fingerprint density at radius 3 is 2.73 bits per heavy atom. The molecule has 0 spiro atoms. The number of rotatable bonds is 5. The van der Waals surface area contributed by atoms with Crippen LogP contribution in [0.4, 0.5) is 5.69 Å². The molecular formula is C13H21N5O4. The number of nitro groups is 1. The summed E-state index contributed by atoms with van der Waals surface area (Å²) in [6, 6.07) is -0.125. The molecule has 0 aromatic carbocycles. The van der Waals surface area contributed by atoms with Gasteiger partial charge in [0.25, 0.3) is 5.91 Å². The lowest BCUT2D eigenvalue weighted by molar-refractivity contribution is -0.385. The molecule has 1 saturated heterocycles. The van der Waals surface area contributed by atoms with Crippen molar-refractivity contribution in [2.45, 2.75) is 19.9 Å². The fourth-order valence-corrected chi connectivity index (χ4v) is 2.63. The third kappa shape index (κ3) is 3.60. The third-order valence-electron chi connectivity index (χ3n) is 3.60. The summed E-state index contributed by atoms with van der Waals surface area (Å²) in [5.74, 6) is -0.476. The maximum absolute atomic E-state index is 12.3. The van der Waals surface area contributed by atoms with Gasteiger partial charge in [0.2, 0.25) is 5.69 Å². The summed E-state index contributed by atoms with van der Waals surface area (Å²) in [7, 11) is 1.53. The molecule has 2 heterocycles. The minimum atomic E-state index is -0.566. The van der Waals surface area contributed by atoms with E-state index >= 15 is 0 Å². The maximum atomic E-state index is 12.3. The molecule has 0 bridgehead atoms. The van der Waals surface area contributed by atoms with E-state index in [0.29, 0.717) is 19.8 Å². The highest BCUT2D eigenvalue weighted by atomic mass is 16.6. The standard InChI is InChI=1S/C13H21N5O4/c1-9(8-17-4-6-22-7-5-17)14-13(19)12-11(18(20)21)10(2)15-16(12)3/h9H,4-8H2,1-3H3,(H,14,19). The van der Waals surface area contributed by atoms with E-state index in [1.165, 1.54) is 18.7 Å². The number of aromatic nitrogens is 2. The van der Waals surface area contributed by atoms with Gasteiger partial charge in [-0.25, -0.2) is 0 Å². The minimum Gasteiger partial charge on any atom is -0.379 e. The maximum Gasteiger partial charge on any atom is 0.322 e. The number of aryl methyl sites for hydroxylation is 2. The predicted molar refractivity (Wildman–Crippen MR) is 78.8 cm³/mol. The molecular weight excluding hydrogens is 290 g/mol. The minimum absolute atomic E-state index is 0.0173. The smallest absolute Gasteiger partial charge is 0.322 e. The van der Waals surface area contributed by atoms with Crippen LogP contribution >= 0.6 is 0 Å². The van der Waals surface area contributed by atoms with E-state index in [1.54, 1.807) is 0 Å². The van der Waals surface area contributed by atoms with Crippen LogP contribution in [0.1, 0.15) is 23.1 Å². The number of carbonyl (C=O) groups is 1. The summed E-state index contributed by atoms with van der Waals surface area (Å²) in [5.41, 5.74) is -0.0200. The van der Waals surface area contributed by atoms with E-state index in [-0.39, 0.29) is 23.1 Å². The van der Waals surface area contributed by atoms with Crippen molar-refractivity contribution in [1.82, 2.24) is 20.0 Å². The average Bonchev–Trinajstić information content (AvgIpc) is 2.74. The summed E-state index contributed by atoms with van der Waals surface area (Å²) < 4.78 is 6.53. The predicted octanol–water partition coefficient (Wildman–Crippen LogP) is 0.0872. The van der Waals surface area contributed by atoms with Gasteiger partial charge in [0, 0.05) is 32.7 Å². The number of carbonyl (C=O) groups excluding carboxylic acids is 1. The second-order valence-corrected chi connectivity index (χ2v) is 5.45. The first-order valence-electron chi connectivity index (χ1n) is 7.19. The Balaban J connectivity index is 2.04. The zero-order valence-corrected chi connectivity index (χ0v) is 13.0. The molecule has 22 heavy (non-hydrogen) atoms. The number of amides is 1. The van der Waals surface area contributed by atoms with Crippen molar-refractivity contribution in [3.8, 4) is 0 Å². The second-order valence-electron chi connectivity index (χ2n) is 5.45. The lowest BCUT2D eigenvalue weighted by Crippen LogP contribution is -2.46. The molecule has 1 atom stereocenters. The molecule has 122 valence electrons. The highest BCUT2D eigenvalue weighted by Crippen LogP contribution is 2.22. The Labute approximate surface area is 128 Å². The van der Waals surface area contributed by atoms with Gasteiger partial charge >= 0.3 is 5.69 Å².